The van der Waals surface area contributed by atoms with Gasteiger partial charge in [0.1, 0.15) is 0 Å². The van der Waals surface area contributed by atoms with Gasteiger partial charge in [0.05, 0.1) is 16.1 Å². The lowest BCUT2D eigenvalue weighted by atomic mass is 10.6. The molecule has 3 heteroatoms. The van der Waals surface area contributed by atoms with Gasteiger partial charge in [0.15, 0.2) is 0 Å². The van der Waals surface area contributed by atoms with Crippen LogP contribution in [0.5, 0.6) is 0 Å². The molecule has 0 saturated heterocycles. The van der Waals surface area contributed by atoms with Crippen molar-refractivity contribution in [3.63, 3.8) is 0 Å². The lowest BCUT2D eigenvalue weighted by Gasteiger charge is -2.23. The highest BCUT2D eigenvalue weighted by molar-refractivity contribution is 6.98. The van der Waals surface area contributed by atoms with E-state index in [1.165, 1.54) is 0 Å². The molecule has 1 N–H and O–H groups in total. The van der Waals surface area contributed by atoms with Crippen molar-refractivity contribution in [2.24, 2.45) is 0 Å². The minimum atomic E-state index is -1.13. The second kappa shape index (κ2) is 3.13. The van der Waals surface area contributed by atoms with Crippen LogP contribution in [0.25, 0.3) is 0 Å². The van der Waals surface area contributed by atoms with E-state index in [0.717, 1.165) is 0 Å². The first kappa shape index (κ1) is 10.8. The van der Waals surface area contributed by atoms with Crippen LogP contribution in [0.1, 0.15) is 0 Å². The predicted molar refractivity (Wildman–Crippen MR) is 66.8 cm³/mol. The first-order valence-electron chi connectivity index (χ1n) is 4.90. The van der Waals surface area contributed by atoms with Crippen molar-refractivity contribution < 1.29 is 0 Å². The minimum Gasteiger partial charge on any atom is -0.368 e. The normalized spacial score (nSPS) is 13.4. The highest BCUT2D eigenvalue weighted by atomic mass is 28.3. The van der Waals surface area contributed by atoms with Crippen molar-refractivity contribution in [1.82, 2.24) is 4.98 Å². The Labute approximate surface area is 83.6 Å². The number of hydrogen-bond acceptors (Lipinski definition) is 0. The summed E-state index contributed by atoms with van der Waals surface area (Å²) < 4.78 is 0. The third kappa shape index (κ3) is 2.34. The fourth-order valence-corrected chi connectivity index (χ4v) is 6.65. The van der Waals surface area contributed by atoms with Gasteiger partial charge >= 0.3 is 0 Å². The first-order valence-corrected chi connectivity index (χ1v) is 11.9. The van der Waals surface area contributed by atoms with Crippen LogP contribution in [0.15, 0.2) is 12.4 Å². The van der Waals surface area contributed by atoms with Gasteiger partial charge in [-0.2, -0.15) is 0 Å². The van der Waals surface area contributed by atoms with Crippen molar-refractivity contribution in [3.8, 4) is 0 Å². The zero-order valence-corrected chi connectivity index (χ0v) is 11.7. The third-order valence-corrected chi connectivity index (χ3v) is 6.67. The molecule has 1 rings (SSSR count). The molecule has 0 amide bonds. The fraction of sp³-hybridized carbons (Fsp3) is 0.600. The molecule has 1 nitrogen and oxygen atoms in total. The zero-order valence-electron chi connectivity index (χ0n) is 9.65. The van der Waals surface area contributed by atoms with Gasteiger partial charge in [-0.25, -0.2) is 0 Å². The molecule has 0 aliphatic rings. The number of H-pyrrole nitrogens is 1. The number of nitrogens with one attached hydrogen (secondary N) is 1. The number of aromatic amines is 1. The van der Waals surface area contributed by atoms with Crippen LogP contribution in [0.4, 0.5) is 0 Å². The molecule has 0 fully saturated rings. The van der Waals surface area contributed by atoms with Gasteiger partial charge in [-0.3, -0.25) is 0 Å². The highest BCUT2D eigenvalue weighted by Crippen LogP contribution is 2.05. The van der Waals surface area contributed by atoms with Crippen molar-refractivity contribution in [2.45, 2.75) is 39.3 Å². The summed E-state index contributed by atoms with van der Waals surface area (Å²) in [7, 11) is -2.26. The molecule has 1 heterocycles. The molecule has 0 radical (unpaired) electrons. The van der Waals surface area contributed by atoms with Gasteiger partial charge in [0.2, 0.25) is 0 Å². The van der Waals surface area contributed by atoms with Crippen molar-refractivity contribution >= 4 is 26.5 Å². The van der Waals surface area contributed by atoms with E-state index in [1.54, 1.807) is 10.4 Å². The second-order valence-electron chi connectivity index (χ2n) is 5.78. The Kier molecular flexibility index (Phi) is 2.60. The lowest BCUT2D eigenvalue weighted by molar-refractivity contribution is 1.42. The Morgan fingerprint density at radius 3 is 1.31 bits per heavy atom. The van der Waals surface area contributed by atoms with Crippen LogP contribution in [0.3, 0.4) is 0 Å². The van der Waals surface area contributed by atoms with Crippen LogP contribution in [-0.4, -0.2) is 21.1 Å². The molecule has 13 heavy (non-hydrogen) atoms. The van der Waals surface area contributed by atoms with E-state index >= 15 is 0 Å². The minimum absolute atomic E-state index is 1.13. The molecular formula is C10H21NSi2. The summed E-state index contributed by atoms with van der Waals surface area (Å²) in [5, 5.41) is 3.26. The predicted octanol–water partition coefficient (Wildman–Crippen LogP) is 2.11. The van der Waals surface area contributed by atoms with Crippen molar-refractivity contribution in [2.75, 3.05) is 0 Å². The molecule has 0 aliphatic carbocycles. The summed E-state index contributed by atoms with van der Waals surface area (Å²) in [5.41, 5.74) is 0. The van der Waals surface area contributed by atoms with E-state index < -0.39 is 16.1 Å². The maximum absolute atomic E-state index is 3.28. The van der Waals surface area contributed by atoms with E-state index in [0.29, 0.717) is 0 Å². The summed E-state index contributed by atoms with van der Waals surface area (Å²) in [6.07, 6.45) is 4.44. The molecule has 0 saturated carbocycles. The van der Waals surface area contributed by atoms with Crippen LogP contribution in [0, 0.1) is 0 Å². The molecule has 1 aromatic rings. The third-order valence-electron chi connectivity index (χ3n) is 2.36. The monoisotopic (exact) mass is 211 g/mol. The van der Waals surface area contributed by atoms with E-state index in [-0.39, 0.29) is 0 Å². The Hall–Kier alpha value is -0.286. The summed E-state index contributed by atoms with van der Waals surface area (Å²) in [6, 6.07) is 0. The van der Waals surface area contributed by atoms with Gasteiger partial charge in [-0.15, -0.1) is 0 Å². The molecule has 0 bridgehead atoms. The zero-order chi connectivity index (χ0) is 10.3. The largest absolute Gasteiger partial charge is 0.368 e. The smallest absolute Gasteiger partial charge is 0.0794 e. The topological polar surface area (TPSA) is 15.8 Å². The van der Waals surface area contributed by atoms with Gasteiger partial charge in [0.25, 0.3) is 0 Å². The molecule has 0 aromatic carbocycles. The van der Waals surface area contributed by atoms with Crippen LogP contribution in [-0.2, 0) is 0 Å². The number of aromatic nitrogens is 1. The standard InChI is InChI=1S/C10H21NSi2/c1-12(2,3)9-7-11-8-10(9)13(4,5)6/h7-8,11H,1-6H3. The van der Waals surface area contributed by atoms with E-state index in [9.17, 15) is 0 Å². The second-order valence-corrected chi connectivity index (χ2v) is 15.9. The molecule has 1 aromatic heterocycles. The maximum Gasteiger partial charge on any atom is 0.0794 e. The van der Waals surface area contributed by atoms with Crippen molar-refractivity contribution in [3.05, 3.63) is 12.4 Å². The average Bonchev–Trinajstić information content (AvgIpc) is 2.27. The Bertz CT molecular complexity index is 260. The molecule has 74 valence electrons. The Balaban J connectivity index is 3.19. The van der Waals surface area contributed by atoms with E-state index in [2.05, 4.69) is 56.7 Å². The Morgan fingerprint density at radius 1 is 0.769 bits per heavy atom. The Morgan fingerprint density at radius 2 is 1.08 bits per heavy atom. The van der Waals surface area contributed by atoms with Crippen LogP contribution >= 0.6 is 0 Å². The average molecular weight is 211 g/mol. The van der Waals surface area contributed by atoms with Gasteiger partial charge in [0, 0.05) is 0 Å². The summed E-state index contributed by atoms with van der Waals surface area (Å²) >= 11 is 0. The SMILES string of the molecule is C[Si](C)(C)c1c[nH]cc1[Si](C)(C)C. The summed E-state index contributed by atoms with van der Waals surface area (Å²) in [4.78, 5) is 3.28. The van der Waals surface area contributed by atoms with Gasteiger partial charge < -0.3 is 4.98 Å². The van der Waals surface area contributed by atoms with Gasteiger partial charge in [-0.1, -0.05) is 39.3 Å². The molecule has 0 aliphatic heterocycles. The molecule has 0 unspecified atom stereocenters. The maximum atomic E-state index is 3.28. The first-order chi connectivity index (χ1) is 5.73. The summed E-state index contributed by atoms with van der Waals surface area (Å²) in [5.74, 6) is 0. The summed E-state index contributed by atoms with van der Waals surface area (Å²) in [6.45, 7) is 14.5. The van der Waals surface area contributed by atoms with E-state index in [4.69, 9.17) is 0 Å². The van der Waals surface area contributed by atoms with Crippen LogP contribution in [0.2, 0.25) is 39.3 Å². The molecular weight excluding hydrogens is 190 g/mol. The number of hydrogen-bond donors (Lipinski definition) is 1. The fourth-order valence-electron chi connectivity index (χ4n) is 1.60. The molecule has 0 atom stereocenters. The van der Waals surface area contributed by atoms with Crippen LogP contribution < -0.4 is 10.4 Å². The number of rotatable bonds is 2. The van der Waals surface area contributed by atoms with Crippen molar-refractivity contribution in [1.29, 1.82) is 0 Å². The van der Waals surface area contributed by atoms with E-state index in [1.807, 2.05) is 0 Å². The highest BCUT2D eigenvalue weighted by Gasteiger charge is 2.27. The molecule has 0 spiro atoms. The lowest BCUT2D eigenvalue weighted by Crippen LogP contribution is -2.54. The van der Waals surface area contributed by atoms with Gasteiger partial charge in [-0.05, 0) is 22.8 Å². The quantitative estimate of drug-likeness (QED) is 0.721.